The zero-order chi connectivity index (χ0) is 12.5. The van der Waals surface area contributed by atoms with E-state index in [0.29, 0.717) is 0 Å². The van der Waals surface area contributed by atoms with Crippen LogP contribution in [0.25, 0.3) is 0 Å². The van der Waals surface area contributed by atoms with Crippen LogP contribution < -0.4 is 0 Å². The van der Waals surface area contributed by atoms with Gasteiger partial charge in [0.25, 0.3) is 0 Å². The zero-order valence-corrected chi connectivity index (χ0v) is 10.9. The fourth-order valence-corrected chi connectivity index (χ4v) is 3.52. The Morgan fingerprint density at radius 3 is 2.59 bits per heavy atom. The molecule has 1 aliphatic heterocycles. The lowest BCUT2D eigenvalue weighted by atomic mass is 10.1. The van der Waals surface area contributed by atoms with E-state index in [2.05, 4.69) is 5.10 Å². The molecule has 0 fully saturated rings. The molecule has 0 saturated carbocycles. The molecule has 0 spiro atoms. The highest BCUT2D eigenvalue weighted by atomic mass is 31.2. The van der Waals surface area contributed by atoms with Crippen molar-refractivity contribution in [2.24, 2.45) is 5.10 Å². The van der Waals surface area contributed by atoms with Gasteiger partial charge in [-0.25, -0.2) is 0 Å². The highest BCUT2D eigenvalue weighted by Crippen LogP contribution is 2.61. The second kappa shape index (κ2) is 4.61. The average Bonchev–Trinajstić information content (AvgIpc) is 2.38. The Hall–Kier alpha value is -1.16. The van der Waals surface area contributed by atoms with Gasteiger partial charge in [-0.05, 0) is 5.56 Å². The lowest BCUT2D eigenvalue weighted by Crippen LogP contribution is -2.25. The van der Waals surface area contributed by atoms with Crippen molar-refractivity contribution < 1.29 is 13.6 Å². The minimum absolute atomic E-state index is 0.501. The van der Waals surface area contributed by atoms with Crippen molar-refractivity contribution in [3.05, 3.63) is 35.4 Å². The van der Waals surface area contributed by atoms with Gasteiger partial charge < -0.3 is 9.05 Å². The van der Waals surface area contributed by atoms with Gasteiger partial charge in [0.05, 0.1) is 6.21 Å². The summed E-state index contributed by atoms with van der Waals surface area (Å²) in [4.78, 5) is 0. The molecule has 6 heteroatoms. The minimum Gasteiger partial charge on any atom is -0.310 e. The Kier molecular flexibility index (Phi) is 3.33. The third-order valence-corrected chi connectivity index (χ3v) is 5.04. The SMILES string of the molecule is COP(=O)(OC)C1c2ccccc2C=NN1C. The van der Waals surface area contributed by atoms with Gasteiger partial charge in [-0.1, -0.05) is 24.3 Å². The van der Waals surface area contributed by atoms with Gasteiger partial charge in [-0.15, -0.1) is 0 Å². The first-order valence-corrected chi connectivity index (χ1v) is 6.80. The highest BCUT2D eigenvalue weighted by molar-refractivity contribution is 7.54. The average molecular weight is 254 g/mol. The third kappa shape index (κ3) is 2.02. The standard InChI is InChI=1S/C11H15N2O3P/c1-13-11(17(14,15-2)16-3)10-7-5-4-6-9(10)8-12-13/h4-8,11H,1-3H3. The van der Waals surface area contributed by atoms with E-state index in [-0.39, 0.29) is 0 Å². The molecule has 0 aliphatic carbocycles. The molecule has 0 aromatic heterocycles. The summed E-state index contributed by atoms with van der Waals surface area (Å²) in [6, 6.07) is 7.65. The van der Waals surface area contributed by atoms with Crippen molar-refractivity contribution in [1.29, 1.82) is 0 Å². The summed E-state index contributed by atoms with van der Waals surface area (Å²) in [7, 11) is 1.29. The zero-order valence-electron chi connectivity index (χ0n) is 10.0. The maximum atomic E-state index is 12.5. The second-order valence-corrected chi connectivity index (χ2v) is 6.02. The Labute approximate surface area is 101 Å². The maximum absolute atomic E-state index is 12.5. The van der Waals surface area contributed by atoms with Crippen LogP contribution in [0.1, 0.15) is 16.9 Å². The molecule has 0 radical (unpaired) electrons. The molecule has 0 amide bonds. The van der Waals surface area contributed by atoms with Crippen LogP contribution >= 0.6 is 7.60 Å². The summed E-state index contributed by atoms with van der Waals surface area (Å²) in [6.07, 6.45) is 1.74. The van der Waals surface area contributed by atoms with Crippen molar-refractivity contribution >= 4 is 13.8 Å². The Morgan fingerprint density at radius 1 is 1.29 bits per heavy atom. The molecular weight excluding hydrogens is 239 g/mol. The summed E-state index contributed by atoms with van der Waals surface area (Å²) >= 11 is 0. The molecule has 1 aromatic carbocycles. The number of fused-ring (bicyclic) bond motifs is 1. The summed E-state index contributed by atoms with van der Waals surface area (Å²) in [5.41, 5.74) is 1.84. The van der Waals surface area contributed by atoms with Crippen LogP contribution in [0.2, 0.25) is 0 Å². The van der Waals surface area contributed by atoms with Crippen LogP contribution in [-0.2, 0) is 13.6 Å². The van der Waals surface area contributed by atoms with Gasteiger partial charge in [0.1, 0.15) is 0 Å². The van der Waals surface area contributed by atoms with Crippen LogP contribution in [0, 0.1) is 0 Å². The smallest absolute Gasteiger partial charge is 0.310 e. The van der Waals surface area contributed by atoms with Gasteiger partial charge in [0.15, 0.2) is 5.78 Å². The number of rotatable bonds is 3. The molecular formula is C11H15N2O3P. The number of hydrogen-bond donors (Lipinski definition) is 0. The number of nitrogens with zero attached hydrogens (tertiary/aromatic N) is 2. The van der Waals surface area contributed by atoms with Crippen LogP contribution in [0.5, 0.6) is 0 Å². The van der Waals surface area contributed by atoms with Crippen LogP contribution in [0.3, 0.4) is 0 Å². The molecule has 0 N–H and O–H groups in total. The van der Waals surface area contributed by atoms with E-state index < -0.39 is 13.4 Å². The van der Waals surface area contributed by atoms with Crippen LogP contribution in [-0.4, -0.2) is 32.5 Å². The molecule has 1 heterocycles. The maximum Gasteiger partial charge on any atom is 0.358 e. The predicted octanol–water partition coefficient (Wildman–Crippen LogP) is 2.45. The molecule has 17 heavy (non-hydrogen) atoms. The van der Waals surface area contributed by atoms with Gasteiger partial charge in [-0.2, -0.15) is 5.10 Å². The van der Waals surface area contributed by atoms with Gasteiger partial charge in [0.2, 0.25) is 0 Å². The lowest BCUT2D eigenvalue weighted by Gasteiger charge is -2.33. The Morgan fingerprint density at radius 2 is 1.94 bits per heavy atom. The second-order valence-electron chi connectivity index (χ2n) is 3.73. The molecule has 92 valence electrons. The third-order valence-electron chi connectivity index (χ3n) is 2.82. The number of hydrazone groups is 1. The molecule has 0 saturated heterocycles. The van der Waals surface area contributed by atoms with E-state index in [1.165, 1.54) is 14.2 Å². The van der Waals surface area contributed by atoms with Crippen molar-refractivity contribution in [2.45, 2.75) is 5.78 Å². The van der Waals surface area contributed by atoms with Crippen LogP contribution in [0.15, 0.2) is 29.4 Å². The number of benzene rings is 1. The Balaban J connectivity index is 2.54. The van der Waals surface area contributed by atoms with E-state index in [1.807, 2.05) is 24.3 Å². The minimum atomic E-state index is -3.23. The van der Waals surface area contributed by atoms with E-state index in [1.54, 1.807) is 18.3 Å². The molecule has 1 atom stereocenters. The molecule has 1 aromatic rings. The fourth-order valence-electron chi connectivity index (χ4n) is 1.93. The Bertz CT molecular complexity index is 481. The lowest BCUT2D eigenvalue weighted by molar-refractivity contribution is 0.214. The molecule has 1 unspecified atom stereocenters. The summed E-state index contributed by atoms with van der Waals surface area (Å²) in [5.74, 6) is -0.501. The molecule has 2 rings (SSSR count). The van der Waals surface area contributed by atoms with Gasteiger partial charge >= 0.3 is 7.60 Å². The van der Waals surface area contributed by atoms with Crippen molar-refractivity contribution in [3.8, 4) is 0 Å². The normalized spacial score (nSPS) is 19.2. The fraction of sp³-hybridized carbons (Fsp3) is 0.364. The van der Waals surface area contributed by atoms with Gasteiger partial charge in [-0.3, -0.25) is 9.57 Å². The van der Waals surface area contributed by atoms with Crippen molar-refractivity contribution in [3.63, 3.8) is 0 Å². The summed E-state index contributed by atoms with van der Waals surface area (Å²) < 4.78 is 22.7. The van der Waals surface area contributed by atoms with E-state index in [0.717, 1.165) is 11.1 Å². The monoisotopic (exact) mass is 254 g/mol. The highest BCUT2D eigenvalue weighted by Gasteiger charge is 2.40. The molecule has 5 nitrogen and oxygen atoms in total. The van der Waals surface area contributed by atoms with Crippen molar-refractivity contribution in [1.82, 2.24) is 5.01 Å². The predicted molar refractivity (Wildman–Crippen MR) is 66.2 cm³/mol. The molecule has 0 bridgehead atoms. The summed E-state index contributed by atoms with van der Waals surface area (Å²) in [5, 5.41) is 5.80. The first kappa shape index (κ1) is 12.3. The van der Waals surface area contributed by atoms with Crippen molar-refractivity contribution in [2.75, 3.05) is 21.3 Å². The van der Waals surface area contributed by atoms with E-state index in [9.17, 15) is 4.57 Å². The summed E-state index contributed by atoms with van der Waals surface area (Å²) in [6.45, 7) is 0. The first-order valence-electron chi connectivity index (χ1n) is 5.19. The van der Waals surface area contributed by atoms with E-state index >= 15 is 0 Å². The van der Waals surface area contributed by atoms with Gasteiger partial charge in [0, 0.05) is 26.8 Å². The molecule has 1 aliphatic rings. The van der Waals surface area contributed by atoms with Crippen LogP contribution in [0.4, 0.5) is 0 Å². The first-order chi connectivity index (χ1) is 8.12. The topological polar surface area (TPSA) is 51.1 Å². The quantitative estimate of drug-likeness (QED) is 0.777. The van der Waals surface area contributed by atoms with E-state index in [4.69, 9.17) is 9.05 Å². The largest absolute Gasteiger partial charge is 0.358 e. The number of hydrogen-bond acceptors (Lipinski definition) is 5.